The van der Waals surface area contributed by atoms with Crippen LogP contribution < -0.4 is 10.1 Å². The van der Waals surface area contributed by atoms with Crippen LogP contribution in [0.5, 0.6) is 5.75 Å². The quantitative estimate of drug-likeness (QED) is 0.621. The smallest absolute Gasteiger partial charge is 0.194 e. The maximum Gasteiger partial charge on any atom is 0.194 e. The fourth-order valence-corrected chi connectivity index (χ4v) is 3.14. The van der Waals surface area contributed by atoms with Gasteiger partial charge in [-0.1, -0.05) is 31.4 Å². The van der Waals surface area contributed by atoms with Gasteiger partial charge in [-0.2, -0.15) is 0 Å². The number of hydrogen-bond acceptors (Lipinski definition) is 3. The van der Waals surface area contributed by atoms with Crippen LogP contribution in [0.25, 0.3) is 0 Å². The maximum atomic E-state index is 10.7. The van der Waals surface area contributed by atoms with E-state index >= 15 is 0 Å². The van der Waals surface area contributed by atoms with E-state index in [1.807, 2.05) is 19.2 Å². The van der Waals surface area contributed by atoms with Gasteiger partial charge in [-0.05, 0) is 37.5 Å². The summed E-state index contributed by atoms with van der Waals surface area (Å²) in [5.74, 6) is 1.70. The monoisotopic (exact) mass is 333 g/mol. The number of hydrogen-bond donors (Lipinski definition) is 2. The fourth-order valence-electron chi connectivity index (χ4n) is 3.14. The van der Waals surface area contributed by atoms with Crippen molar-refractivity contribution in [3.8, 4) is 5.75 Å². The fraction of sp³-hybridized carbons (Fsp3) is 0.632. The minimum Gasteiger partial charge on any atom is -0.497 e. The number of aliphatic hydroxyl groups is 1. The highest BCUT2D eigenvalue weighted by Gasteiger charge is 2.29. The summed E-state index contributed by atoms with van der Waals surface area (Å²) in [5, 5.41) is 14.0. The molecule has 0 unspecified atom stereocenters. The van der Waals surface area contributed by atoms with Crippen LogP contribution in [-0.4, -0.2) is 48.8 Å². The van der Waals surface area contributed by atoms with Gasteiger partial charge < -0.3 is 20.1 Å². The van der Waals surface area contributed by atoms with Crippen LogP contribution in [0.1, 0.15) is 44.6 Å². The molecule has 0 spiro atoms. The molecule has 5 heteroatoms. The van der Waals surface area contributed by atoms with Gasteiger partial charge >= 0.3 is 0 Å². The van der Waals surface area contributed by atoms with Crippen LogP contribution in [0.2, 0.25) is 0 Å². The zero-order chi connectivity index (χ0) is 17.4. The van der Waals surface area contributed by atoms with Crippen LogP contribution in [0, 0.1) is 0 Å². The molecule has 2 N–H and O–H groups in total. The lowest BCUT2D eigenvalue weighted by Crippen LogP contribution is -2.41. The Labute approximate surface area is 145 Å². The first kappa shape index (κ1) is 18.6. The molecule has 5 nitrogen and oxygen atoms in total. The molecule has 0 atom stereocenters. The molecule has 1 aliphatic rings. The number of nitrogens with zero attached hydrogens (tertiary/aromatic N) is 2. The topological polar surface area (TPSA) is 57.1 Å². The standard InChI is InChI=1S/C19H31N3O2/c1-4-20-18(21-15-19(23)12-6-5-7-13-19)22(2)14-16-8-10-17(24-3)11-9-16/h8-11,23H,4-7,12-15H2,1-3H3,(H,20,21). The van der Waals surface area contributed by atoms with E-state index < -0.39 is 5.60 Å². The first-order valence-electron chi connectivity index (χ1n) is 8.91. The van der Waals surface area contributed by atoms with Crippen molar-refractivity contribution in [2.45, 2.75) is 51.2 Å². The van der Waals surface area contributed by atoms with E-state index in [9.17, 15) is 5.11 Å². The zero-order valence-corrected chi connectivity index (χ0v) is 15.2. The van der Waals surface area contributed by atoms with Crippen molar-refractivity contribution in [3.05, 3.63) is 29.8 Å². The van der Waals surface area contributed by atoms with Crippen molar-refractivity contribution in [2.75, 3.05) is 27.2 Å². The van der Waals surface area contributed by atoms with Crippen LogP contribution in [-0.2, 0) is 6.54 Å². The van der Waals surface area contributed by atoms with Crippen molar-refractivity contribution in [2.24, 2.45) is 4.99 Å². The number of methoxy groups -OCH3 is 1. The first-order chi connectivity index (χ1) is 11.6. The Kier molecular flexibility index (Phi) is 6.91. The predicted molar refractivity (Wildman–Crippen MR) is 98.5 cm³/mol. The lowest BCUT2D eigenvalue weighted by atomic mass is 9.85. The van der Waals surface area contributed by atoms with Gasteiger partial charge in [-0.25, -0.2) is 0 Å². The summed E-state index contributed by atoms with van der Waals surface area (Å²) in [6.45, 7) is 4.10. The molecule has 0 aliphatic heterocycles. The highest BCUT2D eigenvalue weighted by molar-refractivity contribution is 5.79. The first-order valence-corrected chi connectivity index (χ1v) is 8.91. The summed E-state index contributed by atoms with van der Waals surface area (Å²) < 4.78 is 5.20. The van der Waals surface area contributed by atoms with E-state index in [2.05, 4.69) is 29.3 Å². The van der Waals surface area contributed by atoms with Gasteiger partial charge in [0.2, 0.25) is 0 Å². The molecule has 0 radical (unpaired) electrons. The summed E-state index contributed by atoms with van der Waals surface area (Å²) in [7, 11) is 3.70. The largest absolute Gasteiger partial charge is 0.497 e. The SMILES string of the molecule is CCNC(=NCC1(O)CCCCC1)N(C)Cc1ccc(OC)cc1. The summed E-state index contributed by atoms with van der Waals surface area (Å²) in [4.78, 5) is 6.79. The van der Waals surface area contributed by atoms with Crippen molar-refractivity contribution in [1.29, 1.82) is 0 Å². The van der Waals surface area contributed by atoms with Crippen LogP contribution in [0.15, 0.2) is 29.3 Å². The van der Waals surface area contributed by atoms with Gasteiger partial charge in [0.25, 0.3) is 0 Å². The Hall–Kier alpha value is -1.75. The third-order valence-electron chi connectivity index (χ3n) is 4.58. The lowest BCUT2D eigenvalue weighted by molar-refractivity contribution is 0.0130. The molecular weight excluding hydrogens is 302 g/mol. The molecule has 1 aromatic carbocycles. The number of aliphatic imine (C=N–C) groups is 1. The van der Waals surface area contributed by atoms with Gasteiger partial charge in [-0.15, -0.1) is 0 Å². The van der Waals surface area contributed by atoms with Gasteiger partial charge in [-0.3, -0.25) is 4.99 Å². The Morgan fingerprint density at radius 2 is 1.92 bits per heavy atom. The third kappa shape index (κ3) is 5.41. The summed E-state index contributed by atoms with van der Waals surface area (Å²) in [6, 6.07) is 8.07. The molecule has 0 bridgehead atoms. The molecule has 1 saturated carbocycles. The average molecular weight is 333 g/mol. The molecule has 134 valence electrons. The van der Waals surface area contributed by atoms with Gasteiger partial charge in [0.15, 0.2) is 5.96 Å². The summed E-state index contributed by atoms with van der Waals surface area (Å²) in [5.41, 5.74) is 0.570. The van der Waals surface area contributed by atoms with Crippen molar-refractivity contribution in [3.63, 3.8) is 0 Å². The Morgan fingerprint density at radius 1 is 1.25 bits per heavy atom. The molecule has 1 aliphatic carbocycles. The molecule has 0 saturated heterocycles. The Bertz CT molecular complexity index is 522. The molecule has 0 amide bonds. The van der Waals surface area contributed by atoms with E-state index in [4.69, 9.17) is 9.73 Å². The number of rotatable bonds is 6. The second-order valence-electron chi connectivity index (χ2n) is 6.66. The summed E-state index contributed by atoms with van der Waals surface area (Å²) >= 11 is 0. The van der Waals surface area contributed by atoms with Crippen LogP contribution >= 0.6 is 0 Å². The Morgan fingerprint density at radius 3 is 2.50 bits per heavy atom. The van der Waals surface area contributed by atoms with E-state index in [0.29, 0.717) is 6.54 Å². The number of nitrogens with one attached hydrogen (secondary N) is 1. The molecule has 0 heterocycles. The van der Waals surface area contributed by atoms with Crippen molar-refractivity contribution in [1.82, 2.24) is 10.2 Å². The van der Waals surface area contributed by atoms with Crippen molar-refractivity contribution < 1.29 is 9.84 Å². The van der Waals surface area contributed by atoms with E-state index in [1.54, 1.807) is 7.11 Å². The molecular formula is C19H31N3O2. The average Bonchev–Trinajstić information content (AvgIpc) is 2.60. The van der Waals surface area contributed by atoms with Gasteiger partial charge in [0.05, 0.1) is 19.3 Å². The maximum absolute atomic E-state index is 10.7. The predicted octanol–water partition coefficient (Wildman–Crippen LogP) is 2.79. The van der Waals surface area contributed by atoms with Crippen LogP contribution in [0.4, 0.5) is 0 Å². The number of benzene rings is 1. The third-order valence-corrected chi connectivity index (χ3v) is 4.58. The zero-order valence-electron chi connectivity index (χ0n) is 15.2. The van der Waals surface area contributed by atoms with E-state index in [-0.39, 0.29) is 0 Å². The minimum absolute atomic E-state index is 0.474. The normalized spacial score (nSPS) is 17.4. The van der Waals surface area contributed by atoms with Crippen molar-refractivity contribution >= 4 is 5.96 Å². The molecule has 1 fully saturated rings. The molecule has 0 aromatic heterocycles. The minimum atomic E-state index is -0.625. The highest BCUT2D eigenvalue weighted by atomic mass is 16.5. The highest BCUT2D eigenvalue weighted by Crippen LogP contribution is 2.28. The number of ether oxygens (including phenoxy) is 1. The van der Waals surface area contributed by atoms with E-state index in [1.165, 1.54) is 12.0 Å². The second-order valence-corrected chi connectivity index (χ2v) is 6.66. The molecule has 24 heavy (non-hydrogen) atoms. The van der Waals surface area contributed by atoms with Gasteiger partial charge in [0.1, 0.15) is 5.75 Å². The van der Waals surface area contributed by atoms with Gasteiger partial charge in [0, 0.05) is 20.1 Å². The number of guanidine groups is 1. The molecule has 2 rings (SSSR count). The second kappa shape index (κ2) is 8.92. The van der Waals surface area contributed by atoms with E-state index in [0.717, 1.165) is 50.5 Å². The lowest BCUT2D eigenvalue weighted by Gasteiger charge is -2.31. The summed E-state index contributed by atoms with van der Waals surface area (Å²) in [6.07, 6.45) is 5.15. The molecule has 1 aromatic rings. The Balaban J connectivity index is 2.00. The van der Waals surface area contributed by atoms with Crippen LogP contribution in [0.3, 0.4) is 0 Å².